The van der Waals surface area contributed by atoms with Crippen LogP contribution in [-0.2, 0) is 9.59 Å². The summed E-state index contributed by atoms with van der Waals surface area (Å²) in [6.07, 6.45) is 3.09. The molecule has 29 heavy (non-hydrogen) atoms. The maximum atomic E-state index is 13.0. The monoisotopic (exact) mass is 389 g/mol. The van der Waals surface area contributed by atoms with E-state index in [4.69, 9.17) is 4.74 Å². The second-order valence-corrected chi connectivity index (χ2v) is 8.66. The van der Waals surface area contributed by atoms with Crippen LogP contribution in [0.5, 0.6) is 5.75 Å². The van der Waals surface area contributed by atoms with E-state index in [9.17, 15) is 14.4 Å². The summed E-state index contributed by atoms with van der Waals surface area (Å²) in [4.78, 5) is 40.0. The first-order valence-corrected chi connectivity index (χ1v) is 10.2. The molecule has 3 aliphatic rings. The van der Waals surface area contributed by atoms with Crippen molar-refractivity contribution in [2.75, 3.05) is 4.90 Å². The van der Waals surface area contributed by atoms with Gasteiger partial charge in [-0.05, 0) is 86.4 Å². The molecule has 0 N–H and O–H groups in total. The quantitative estimate of drug-likeness (QED) is 0.451. The lowest BCUT2D eigenvalue weighted by molar-refractivity contribution is -0.123. The molecule has 2 aromatic rings. The van der Waals surface area contributed by atoms with E-state index in [0.29, 0.717) is 28.8 Å². The normalized spacial score (nSPS) is 27.4. The number of aryl methyl sites for hydroxylation is 2. The number of benzene rings is 2. The van der Waals surface area contributed by atoms with Crippen LogP contribution in [0.2, 0.25) is 0 Å². The molecule has 3 fully saturated rings. The van der Waals surface area contributed by atoms with Gasteiger partial charge in [-0.25, -0.2) is 4.79 Å². The van der Waals surface area contributed by atoms with Crippen molar-refractivity contribution < 1.29 is 19.1 Å². The Kier molecular flexibility index (Phi) is 4.09. The number of amides is 2. The molecular formula is C24H23NO4. The Morgan fingerprint density at radius 3 is 2.17 bits per heavy atom. The maximum absolute atomic E-state index is 13.0. The van der Waals surface area contributed by atoms with Crippen LogP contribution < -0.4 is 9.64 Å². The second-order valence-electron chi connectivity index (χ2n) is 8.66. The summed E-state index contributed by atoms with van der Waals surface area (Å²) in [7, 11) is 0. The lowest BCUT2D eigenvalue weighted by atomic mass is 9.81. The smallest absolute Gasteiger partial charge is 0.343 e. The van der Waals surface area contributed by atoms with Crippen molar-refractivity contribution in [2.24, 2.45) is 23.7 Å². The highest BCUT2D eigenvalue weighted by Gasteiger charge is 2.61. The number of fused-ring (bicyclic) bond motifs is 5. The first-order valence-electron chi connectivity index (χ1n) is 10.2. The molecule has 5 nitrogen and oxygen atoms in total. The zero-order valence-corrected chi connectivity index (χ0v) is 16.6. The SMILES string of the molecule is Cc1cc(C)cc(OC(=O)c2cccc(N3C(=O)[C@@H]4[C@@H]5CC[C@@H](C5)[C@@H]4C3=O)c2)c1. The molecule has 5 heteroatoms. The molecule has 5 rings (SSSR count). The fraction of sp³-hybridized carbons (Fsp3) is 0.375. The van der Waals surface area contributed by atoms with Gasteiger partial charge in [0, 0.05) is 0 Å². The Labute approximate surface area is 169 Å². The van der Waals surface area contributed by atoms with Crippen LogP contribution in [0.1, 0.15) is 40.7 Å². The number of nitrogens with zero attached hydrogens (tertiary/aromatic N) is 1. The topological polar surface area (TPSA) is 63.7 Å². The average molecular weight is 389 g/mol. The van der Waals surface area contributed by atoms with Crippen LogP contribution in [-0.4, -0.2) is 17.8 Å². The van der Waals surface area contributed by atoms with Gasteiger partial charge >= 0.3 is 5.97 Å². The summed E-state index contributed by atoms with van der Waals surface area (Å²) in [6, 6.07) is 12.3. The highest BCUT2D eigenvalue weighted by Crippen LogP contribution is 2.56. The molecule has 0 spiro atoms. The van der Waals surface area contributed by atoms with Crippen molar-refractivity contribution in [3.8, 4) is 5.75 Å². The summed E-state index contributed by atoms with van der Waals surface area (Å²) in [5, 5.41) is 0. The predicted octanol–water partition coefficient (Wildman–Crippen LogP) is 4.06. The molecule has 2 amide bonds. The van der Waals surface area contributed by atoms with Gasteiger partial charge in [-0.2, -0.15) is 0 Å². The highest BCUT2D eigenvalue weighted by molar-refractivity contribution is 6.22. The minimum atomic E-state index is -0.504. The molecule has 0 aromatic heterocycles. The molecule has 2 saturated carbocycles. The third-order valence-corrected chi connectivity index (χ3v) is 6.67. The summed E-state index contributed by atoms with van der Waals surface area (Å²) in [5.41, 5.74) is 2.80. The number of carbonyl (C=O) groups excluding carboxylic acids is 3. The van der Waals surface area contributed by atoms with Gasteiger partial charge in [0.25, 0.3) is 0 Å². The largest absolute Gasteiger partial charge is 0.423 e. The Morgan fingerprint density at radius 2 is 1.55 bits per heavy atom. The zero-order valence-electron chi connectivity index (χ0n) is 16.6. The molecule has 0 unspecified atom stereocenters. The van der Waals surface area contributed by atoms with Crippen LogP contribution in [0, 0.1) is 37.5 Å². The summed E-state index contributed by atoms with van der Waals surface area (Å²) >= 11 is 0. The van der Waals surface area contributed by atoms with Gasteiger partial charge in [0.1, 0.15) is 5.75 Å². The number of anilines is 1. The van der Waals surface area contributed by atoms with Crippen molar-refractivity contribution >= 4 is 23.5 Å². The maximum Gasteiger partial charge on any atom is 0.343 e. The third-order valence-electron chi connectivity index (χ3n) is 6.67. The molecule has 4 atom stereocenters. The predicted molar refractivity (Wildman–Crippen MR) is 108 cm³/mol. The molecule has 2 bridgehead atoms. The van der Waals surface area contributed by atoms with Gasteiger partial charge in [-0.3, -0.25) is 14.5 Å². The van der Waals surface area contributed by atoms with Crippen molar-refractivity contribution in [1.82, 2.24) is 0 Å². The van der Waals surface area contributed by atoms with E-state index >= 15 is 0 Å². The van der Waals surface area contributed by atoms with E-state index in [-0.39, 0.29) is 23.7 Å². The molecule has 0 radical (unpaired) electrons. The van der Waals surface area contributed by atoms with E-state index in [2.05, 4.69) is 0 Å². The minimum absolute atomic E-state index is 0.105. The zero-order chi connectivity index (χ0) is 20.3. The number of carbonyl (C=O) groups is 3. The van der Waals surface area contributed by atoms with Gasteiger partial charge in [-0.15, -0.1) is 0 Å². The Hall–Kier alpha value is -2.95. The standard InChI is InChI=1S/C24H23NO4/c1-13-8-14(2)10-19(9-13)29-24(28)17-4-3-5-18(12-17)25-22(26)20-15-6-7-16(11-15)21(20)23(25)27/h3-5,8-10,12,15-16,20-21H,6-7,11H2,1-2H3/t15-,16+,20-,21+. The summed E-state index contributed by atoms with van der Waals surface area (Å²) < 4.78 is 5.52. The van der Waals surface area contributed by atoms with Crippen molar-refractivity contribution in [1.29, 1.82) is 0 Å². The van der Waals surface area contributed by atoms with Gasteiger partial charge in [0.05, 0.1) is 23.1 Å². The highest BCUT2D eigenvalue weighted by atomic mass is 16.5. The Morgan fingerprint density at radius 1 is 0.931 bits per heavy atom. The van der Waals surface area contributed by atoms with Gasteiger partial charge in [-0.1, -0.05) is 12.1 Å². The van der Waals surface area contributed by atoms with Crippen LogP contribution >= 0.6 is 0 Å². The number of hydrogen-bond donors (Lipinski definition) is 0. The lowest BCUT2D eigenvalue weighted by Gasteiger charge is -2.19. The summed E-state index contributed by atoms with van der Waals surface area (Å²) in [6.45, 7) is 3.89. The van der Waals surface area contributed by atoms with E-state index in [1.165, 1.54) is 4.90 Å². The first kappa shape index (κ1) is 18.1. The van der Waals surface area contributed by atoms with Gasteiger partial charge in [0.15, 0.2) is 0 Å². The van der Waals surface area contributed by atoms with Crippen molar-refractivity contribution in [2.45, 2.75) is 33.1 Å². The van der Waals surface area contributed by atoms with Crippen LogP contribution in [0.4, 0.5) is 5.69 Å². The number of ether oxygens (including phenoxy) is 1. The van der Waals surface area contributed by atoms with Crippen LogP contribution in [0.15, 0.2) is 42.5 Å². The molecule has 1 saturated heterocycles. The molecule has 148 valence electrons. The van der Waals surface area contributed by atoms with Crippen molar-refractivity contribution in [3.63, 3.8) is 0 Å². The van der Waals surface area contributed by atoms with E-state index in [1.54, 1.807) is 36.4 Å². The fourth-order valence-electron chi connectivity index (χ4n) is 5.59. The number of rotatable bonds is 3. The first-order chi connectivity index (χ1) is 13.9. The van der Waals surface area contributed by atoms with Gasteiger partial charge in [0.2, 0.25) is 11.8 Å². The van der Waals surface area contributed by atoms with Crippen LogP contribution in [0.3, 0.4) is 0 Å². The third kappa shape index (κ3) is 2.87. The fourth-order valence-corrected chi connectivity index (χ4v) is 5.59. The van der Waals surface area contributed by atoms with E-state index in [1.807, 2.05) is 19.9 Å². The van der Waals surface area contributed by atoms with Crippen LogP contribution in [0.25, 0.3) is 0 Å². The molecule has 2 aromatic carbocycles. The summed E-state index contributed by atoms with van der Waals surface area (Å²) in [5.74, 6) is 0.0974. The second kappa shape index (κ2) is 6.55. The van der Waals surface area contributed by atoms with E-state index in [0.717, 1.165) is 30.4 Å². The Balaban J connectivity index is 1.41. The van der Waals surface area contributed by atoms with E-state index < -0.39 is 5.97 Å². The number of imide groups is 1. The minimum Gasteiger partial charge on any atom is -0.423 e. The van der Waals surface area contributed by atoms with Crippen molar-refractivity contribution in [3.05, 3.63) is 59.2 Å². The lowest BCUT2D eigenvalue weighted by Crippen LogP contribution is -2.32. The molecule has 2 aliphatic carbocycles. The number of esters is 1. The number of hydrogen-bond acceptors (Lipinski definition) is 4. The van der Waals surface area contributed by atoms with Gasteiger partial charge < -0.3 is 4.74 Å². The molecular weight excluding hydrogens is 366 g/mol. The molecule has 1 aliphatic heterocycles. The Bertz CT molecular complexity index is 995. The molecule has 1 heterocycles. The average Bonchev–Trinajstić information content (AvgIpc) is 3.35.